The molecule has 7 heteroatoms. The van der Waals surface area contributed by atoms with Gasteiger partial charge in [-0.1, -0.05) is 12.1 Å². The Morgan fingerprint density at radius 3 is 2.65 bits per heavy atom. The molecule has 0 amide bonds. The molecule has 0 radical (unpaired) electrons. The van der Waals surface area contributed by atoms with Gasteiger partial charge in [0.05, 0.1) is 7.11 Å². The number of benzene rings is 1. The zero-order chi connectivity index (χ0) is 12.3. The first kappa shape index (κ1) is 10.9. The van der Waals surface area contributed by atoms with Crippen molar-refractivity contribution in [1.82, 2.24) is 10.2 Å². The number of nitrogen functional groups attached to an aromatic ring is 2. The summed E-state index contributed by atoms with van der Waals surface area (Å²) in [4.78, 5) is 0. The average molecular weight is 232 g/mol. The average Bonchev–Trinajstić information content (AvgIpc) is 2.67. The first-order chi connectivity index (χ1) is 8.22. The second kappa shape index (κ2) is 4.52. The lowest BCUT2D eigenvalue weighted by molar-refractivity contribution is 0.416. The Kier molecular flexibility index (Phi) is 2.91. The fraction of sp³-hybridized carbons (Fsp3) is 0.100. The summed E-state index contributed by atoms with van der Waals surface area (Å²) in [6, 6.07) is 7.24. The van der Waals surface area contributed by atoms with E-state index in [1.807, 2.05) is 12.1 Å². The molecule has 0 bridgehead atoms. The van der Waals surface area contributed by atoms with Crippen LogP contribution >= 0.6 is 0 Å². The maximum atomic E-state index is 5.59. The van der Waals surface area contributed by atoms with Crippen LogP contribution < -0.4 is 16.2 Å². The first-order valence-corrected chi connectivity index (χ1v) is 4.86. The van der Waals surface area contributed by atoms with Crippen molar-refractivity contribution < 1.29 is 4.74 Å². The molecule has 2 rings (SSSR count). The van der Waals surface area contributed by atoms with E-state index in [4.69, 9.17) is 16.2 Å². The van der Waals surface area contributed by atoms with E-state index in [0.29, 0.717) is 17.1 Å². The second-order valence-electron chi connectivity index (χ2n) is 3.24. The van der Waals surface area contributed by atoms with Gasteiger partial charge >= 0.3 is 0 Å². The van der Waals surface area contributed by atoms with Crippen LogP contribution in [0.5, 0.6) is 5.75 Å². The van der Waals surface area contributed by atoms with Crippen LogP contribution in [0, 0.1) is 0 Å². The van der Waals surface area contributed by atoms with Gasteiger partial charge in [-0.2, -0.15) is 5.10 Å². The maximum absolute atomic E-state index is 5.59. The number of H-pyrrole nitrogens is 1. The van der Waals surface area contributed by atoms with E-state index in [2.05, 4.69) is 20.4 Å². The fourth-order valence-corrected chi connectivity index (χ4v) is 1.29. The number of para-hydroxylation sites is 1. The topological polar surface area (TPSA) is 115 Å². The summed E-state index contributed by atoms with van der Waals surface area (Å²) in [5, 5.41) is 14.2. The zero-order valence-corrected chi connectivity index (χ0v) is 9.21. The molecular weight excluding hydrogens is 220 g/mol. The van der Waals surface area contributed by atoms with Crippen LogP contribution in [-0.2, 0) is 0 Å². The lowest BCUT2D eigenvalue weighted by Gasteiger charge is -2.01. The molecule has 5 N–H and O–H groups in total. The molecule has 1 aromatic carbocycles. The lowest BCUT2D eigenvalue weighted by atomic mass is 10.3. The molecule has 88 valence electrons. The first-order valence-electron chi connectivity index (χ1n) is 4.86. The molecule has 7 nitrogen and oxygen atoms in total. The maximum Gasteiger partial charge on any atom is 0.175 e. The lowest BCUT2D eigenvalue weighted by Crippen LogP contribution is -1.85. The predicted octanol–water partition coefficient (Wildman–Crippen LogP) is 2.00. The summed E-state index contributed by atoms with van der Waals surface area (Å²) in [6.45, 7) is 0. The SMILES string of the molecule is COc1ccccc1N=Nc1c(N)n[nH]c1N. The molecule has 0 unspecified atom stereocenters. The smallest absolute Gasteiger partial charge is 0.175 e. The van der Waals surface area contributed by atoms with Crippen LogP contribution in [0.4, 0.5) is 23.0 Å². The van der Waals surface area contributed by atoms with Gasteiger partial charge in [-0.25, -0.2) is 0 Å². The van der Waals surface area contributed by atoms with Gasteiger partial charge in [0.2, 0.25) is 0 Å². The Morgan fingerprint density at radius 1 is 1.24 bits per heavy atom. The quantitative estimate of drug-likeness (QED) is 0.702. The molecule has 0 aliphatic carbocycles. The number of nitrogens with two attached hydrogens (primary N) is 2. The van der Waals surface area contributed by atoms with Gasteiger partial charge in [0.1, 0.15) is 17.3 Å². The molecule has 0 saturated carbocycles. The molecule has 1 aromatic heterocycles. The van der Waals surface area contributed by atoms with Crippen LogP contribution in [0.1, 0.15) is 0 Å². The standard InChI is InChI=1S/C10H12N6O/c1-17-7-5-3-2-4-6(7)13-14-8-9(11)15-16-10(8)12/h2-5H,1H3,(H5,11,12,15,16). The molecular formula is C10H12N6O. The summed E-state index contributed by atoms with van der Waals surface area (Å²) in [6.07, 6.45) is 0. The molecule has 0 atom stereocenters. The highest BCUT2D eigenvalue weighted by molar-refractivity contribution is 5.70. The number of aromatic nitrogens is 2. The highest BCUT2D eigenvalue weighted by atomic mass is 16.5. The van der Waals surface area contributed by atoms with Crippen molar-refractivity contribution in [2.75, 3.05) is 18.6 Å². The van der Waals surface area contributed by atoms with Crippen LogP contribution in [0.2, 0.25) is 0 Å². The van der Waals surface area contributed by atoms with Crippen LogP contribution in [0.25, 0.3) is 0 Å². The summed E-state index contributed by atoms with van der Waals surface area (Å²) < 4.78 is 5.14. The van der Waals surface area contributed by atoms with Crippen molar-refractivity contribution in [3.05, 3.63) is 24.3 Å². The van der Waals surface area contributed by atoms with E-state index in [1.54, 1.807) is 19.2 Å². The summed E-state index contributed by atoms with van der Waals surface area (Å²) >= 11 is 0. The summed E-state index contributed by atoms with van der Waals surface area (Å²) in [5.41, 5.74) is 12.1. The largest absolute Gasteiger partial charge is 0.494 e. The minimum absolute atomic E-state index is 0.209. The minimum atomic E-state index is 0.209. The molecule has 0 fully saturated rings. The Bertz CT molecular complexity index is 528. The van der Waals surface area contributed by atoms with Gasteiger partial charge in [0.15, 0.2) is 11.5 Å². The van der Waals surface area contributed by atoms with Crippen LogP contribution in [0.15, 0.2) is 34.5 Å². The highest BCUT2D eigenvalue weighted by Gasteiger charge is 2.07. The molecule has 0 aliphatic heterocycles. The second-order valence-corrected chi connectivity index (χ2v) is 3.24. The van der Waals surface area contributed by atoms with Gasteiger partial charge in [0, 0.05) is 0 Å². The van der Waals surface area contributed by atoms with E-state index in [0.717, 1.165) is 0 Å². The minimum Gasteiger partial charge on any atom is -0.494 e. The molecule has 0 saturated heterocycles. The van der Waals surface area contributed by atoms with E-state index >= 15 is 0 Å². The number of azo groups is 1. The van der Waals surface area contributed by atoms with Crippen LogP contribution in [-0.4, -0.2) is 17.3 Å². The highest BCUT2D eigenvalue weighted by Crippen LogP contribution is 2.31. The van der Waals surface area contributed by atoms with E-state index in [9.17, 15) is 0 Å². The zero-order valence-electron chi connectivity index (χ0n) is 9.21. The third-order valence-electron chi connectivity index (χ3n) is 2.14. The number of methoxy groups -OCH3 is 1. The van der Waals surface area contributed by atoms with Crippen molar-refractivity contribution in [2.24, 2.45) is 10.2 Å². The molecule has 0 aliphatic rings. The number of ether oxygens (including phenoxy) is 1. The van der Waals surface area contributed by atoms with E-state index in [1.165, 1.54) is 0 Å². The molecule has 1 heterocycles. The third kappa shape index (κ3) is 2.17. The van der Waals surface area contributed by atoms with Gasteiger partial charge < -0.3 is 16.2 Å². The normalized spacial score (nSPS) is 10.9. The Balaban J connectivity index is 2.32. The van der Waals surface area contributed by atoms with Crippen molar-refractivity contribution in [2.45, 2.75) is 0 Å². The third-order valence-corrected chi connectivity index (χ3v) is 2.14. The summed E-state index contributed by atoms with van der Waals surface area (Å²) in [5.74, 6) is 1.11. The summed E-state index contributed by atoms with van der Waals surface area (Å²) in [7, 11) is 1.56. The Labute approximate surface area is 97.5 Å². The number of nitrogens with zero attached hydrogens (tertiary/aromatic N) is 3. The van der Waals surface area contributed by atoms with Gasteiger partial charge in [0.25, 0.3) is 0 Å². The Hall–Kier alpha value is -2.57. The van der Waals surface area contributed by atoms with Crippen molar-refractivity contribution >= 4 is 23.0 Å². The molecule has 0 spiro atoms. The number of anilines is 2. The van der Waals surface area contributed by atoms with Gasteiger partial charge in [-0.05, 0) is 12.1 Å². The fourth-order valence-electron chi connectivity index (χ4n) is 1.29. The predicted molar refractivity (Wildman–Crippen MR) is 64.6 cm³/mol. The van der Waals surface area contributed by atoms with Gasteiger partial charge in [-0.15, -0.1) is 10.2 Å². The van der Waals surface area contributed by atoms with Crippen LogP contribution in [0.3, 0.4) is 0 Å². The number of hydrogen-bond donors (Lipinski definition) is 3. The number of hydrogen-bond acceptors (Lipinski definition) is 6. The molecule has 17 heavy (non-hydrogen) atoms. The van der Waals surface area contributed by atoms with E-state index < -0.39 is 0 Å². The van der Waals surface area contributed by atoms with E-state index in [-0.39, 0.29) is 11.6 Å². The number of aromatic amines is 1. The van der Waals surface area contributed by atoms with Crippen molar-refractivity contribution in [3.63, 3.8) is 0 Å². The Morgan fingerprint density at radius 2 is 2.00 bits per heavy atom. The monoisotopic (exact) mass is 232 g/mol. The van der Waals surface area contributed by atoms with Crippen molar-refractivity contribution in [1.29, 1.82) is 0 Å². The molecule has 2 aromatic rings. The van der Waals surface area contributed by atoms with Gasteiger partial charge in [-0.3, -0.25) is 5.10 Å². The van der Waals surface area contributed by atoms with Crippen molar-refractivity contribution in [3.8, 4) is 5.75 Å². The number of nitrogens with one attached hydrogen (secondary N) is 1. The number of rotatable bonds is 3.